The van der Waals surface area contributed by atoms with Gasteiger partial charge in [0.05, 0.1) is 5.69 Å². The van der Waals surface area contributed by atoms with Crippen molar-refractivity contribution in [1.29, 1.82) is 0 Å². The van der Waals surface area contributed by atoms with Crippen molar-refractivity contribution in [2.75, 3.05) is 0 Å². The summed E-state index contributed by atoms with van der Waals surface area (Å²) in [5, 5.41) is 8.22. The maximum absolute atomic E-state index is 4.50. The number of nitrogens with one attached hydrogen (secondary N) is 1. The highest BCUT2D eigenvalue weighted by atomic mass is 15.3. The molecule has 0 radical (unpaired) electrons. The Morgan fingerprint density at radius 1 is 1.14 bits per heavy atom. The quantitative estimate of drug-likeness (QED) is 0.872. The van der Waals surface area contributed by atoms with Gasteiger partial charge in [0.2, 0.25) is 0 Å². The molecule has 1 aromatic carbocycles. The lowest BCUT2D eigenvalue weighted by Crippen LogP contribution is -2.23. The highest BCUT2D eigenvalue weighted by molar-refractivity contribution is 5.25. The van der Waals surface area contributed by atoms with Crippen LogP contribution in [0.5, 0.6) is 0 Å². The molecule has 2 rings (SSSR count). The third-order valence-electron chi connectivity index (χ3n) is 4.09. The van der Waals surface area contributed by atoms with Gasteiger partial charge in [-0.3, -0.25) is 4.68 Å². The average Bonchev–Trinajstić information content (AvgIpc) is 2.69. The van der Waals surface area contributed by atoms with E-state index in [4.69, 9.17) is 0 Å². The van der Waals surface area contributed by atoms with Crippen molar-refractivity contribution in [3.63, 3.8) is 0 Å². The summed E-state index contributed by atoms with van der Waals surface area (Å²) in [7, 11) is 2.01. The largest absolute Gasteiger partial charge is 0.306 e. The van der Waals surface area contributed by atoms with Crippen LogP contribution in [0.25, 0.3) is 0 Å². The van der Waals surface area contributed by atoms with Crippen molar-refractivity contribution in [3.8, 4) is 0 Å². The number of rotatable bonds is 6. The fourth-order valence-electron chi connectivity index (χ4n) is 2.79. The summed E-state index contributed by atoms with van der Waals surface area (Å²) in [4.78, 5) is 0. The van der Waals surface area contributed by atoms with Crippen LogP contribution in [0.4, 0.5) is 0 Å². The molecule has 0 saturated heterocycles. The first kappa shape index (κ1) is 15.8. The van der Waals surface area contributed by atoms with Crippen LogP contribution in [-0.2, 0) is 13.6 Å². The van der Waals surface area contributed by atoms with E-state index in [9.17, 15) is 0 Å². The predicted octanol–water partition coefficient (Wildman–Crippen LogP) is 3.91. The second-order valence-corrected chi connectivity index (χ2v) is 6.25. The van der Waals surface area contributed by atoms with Gasteiger partial charge in [-0.1, -0.05) is 44.2 Å². The van der Waals surface area contributed by atoms with Crippen LogP contribution in [0.1, 0.15) is 48.8 Å². The minimum atomic E-state index is 0.394. The molecule has 1 N–H and O–H groups in total. The first-order chi connectivity index (χ1) is 9.99. The first-order valence-corrected chi connectivity index (χ1v) is 7.76. The summed E-state index contributed by atoms with van der Waals surface area (Å²) < 4.78 is 1.96. The van der Waals surface area contributed by atoms with Gasteiger partial charge in [-0.2, -0.15) is 5.10 Å². The molecule has 1 aromatic heterocycles. The second-order valence-electron chi connectivity index (χ2n) is 6.25. The minimum absolute atomic E-state index is 0.394. The molecule has 3 nitrogen and oxygen atoms in total. The SMILES string of the molecule is Cc1nn(C)c(C)c1CNC(CC(C)C)c1ccccc1. The zero-order valence-corrected chi connectivity index (χ0v) is 13.9. The van der Waals surface area contributed by atoms with Gasteiger partial charge in [-0.05, 0) is 31.7 Å². The third kappa shape index (κ3) is 3.94. The van der Waals surface area contributed by atoms with E-state index in [0.29, 0.717) is 12.0 Å². The molecule has 1 atom stereocenters. The number of hydrogen-bond acceptors (Lipinski definition) is 2. The molecule has 0 fully saturated rings. The fraction of sp³-hybridized carbons (Fsp3) is 0.500. The summed E-state index contributed by atoms with van der Waals surface area (Å²) in [5.41, 5.74) is 5.06. The Hall–Kier alpha value is -1.61. The molecular weight excluding hydrogens is 258 g/mol. The van der Waals surface area contributed by atoms with Crippen LogP contribution in [0.2, 0.25) is 0 Å². The summed E-state index contributed by atoms with van der Waals surface area (Å²) >= 11 is 0. The first-order valence-electron chi connectivity index (χ1n) is 7.76. The molecule has 0 aliphatic rings. The smallest absolute Gasteiger partial charge is 0.0641 e. The van der Waals surface area contributed by atoms with Crippen molar-refractivity contribution < 1.29 is 0 Å². The zero-order chi connectivity index (χ0) is 15.4. The van der Waals surface area contributed by atoms with E-state index >= 15 is 0 Å². The van der Waals surface area contributed by atoms with Gasteiger partial charge in [0.25, 0.3) is 0 Å². The van der Waals surface area contributed by atoms with Gasteiger partial charge >= 0.3 is 0 Å². The molecule has 1 unspecified atom stereocenters. The van der Waals surface area contributed by atoms with Crippen LogP contribution in [0, 0.1) is 19.8 Å². The number of aryl methyl sites for hydroxylation is 2. The molecule has 0 amide bonds. The van der Waals surface area contributed by atoms with Crippen LogP contribution < -0.4 is 5.32 Å². The average molecular weight is 285 g/mol. The molecule has 0 saturated carbocycles. The summed E-state index contributed by atoms with van der Waals surface area (Å²) in [5.74, 6) is 0.666. The maximum Gasteiger partial charge on any atom is 0.0641 e. The normalized spacial score (nSPS) is 12.9. The van der Waals surface area contributed by atoms with Gasteiger partial charge in [-0.25, -0.2) is 0 Å². The predicted molar refractivity (Wildman–Crippen MR) is 88.2 cm³/mol. The lowest BCUT2D eigenvalue weighted by Gasteiger charge is -2.21. The zero-order valence-electron chi connectivity index (χ0n) is 13.9. The third-order valence-corrected chi connectivity index (χ3v) is 4.09. The molecule has 0 spiro atoms. The molecule has 114 valence electrons. The van der Waals surface area contributed by atoms with Crippen molar-refractivity contribution in [3.05, 3.63) is 52.8 Å². The van der Waals surface area contributed by atoms with Crippen LogP contribution in [0.15, 0.2) is 30.3 Å². The van der Waals surface area contributed by atoms with E-state index in [-0.39, 0.29) is 0 Å². The van der Waals surface area contributed by atoms with E-state index in [1.165, 1.54) is 16.8 Å². The van der Waals surface area contributed by atoms with E-state index in [1.54, 1.807) is 0 Å². The number of aromatic nitrogens is 2. The number of benzene rings is 1. The van der Waals surface area contributed by atoms with E-state index in [0.717, 1.165) is 18.7 Å². The summed E-state index contributed by atoms with van der Waals surface area (Å²) in [6.07, 6.45) is 1.14. The standard InChI is InChI=1S/C18H27N3/c1-13(2)11-18(16-9-7-6-8-10-16)19-12-17-14(3)20-21(5)15(17)4/h6-10,13,18-19H,11-12H2,1-5H3. The monoisotopic (exact) mass is 285 g/mol. The highest BCUT2D eigenvalue weighted by Crippen LogP contribution is 2.22. The maximum atomic E-state index is 4.50. The molecule has 3 heteroatoms. The Morgan fingerprint density at radius 3 is 2.33 bits per heavy atom. The van der Waals surface area contributed by atoms with Crippen LogP contribution in [0.3, 0.4) is 0 Å². The summed E-state index contributed by atoms with van der Waals surface area (Å²) in [6, 6.07) is 11.1. The number of nitrogens with zero attached hydrogens (tertiary/aromatic N) is 2. The van der Waals surface area contributed by atoms with Crippen molar-refractivity contribution >= 4 is 0 Å². The summed E-state index contributed by atoms with van der Waals surface area (Å²) in [6.45, 7) is 9.65. The highest BCUT2D eigenvalue weighted by Gasteiger charge is 2.15. The van der Waals surface area contributed by atoms with Crippen molar-refractivity contribution in [1.82, 2.24) is 15.1 Å². The van der Waals surface area contributed by atoms with Crippen LogP contribution >= 0.6 is 0 Å². The molecular formula is C18H27N3. The van der Waals surface area contributed by atoms with E-state index < -0.39 is 0 Å². The van der Waals surface area contributed by atoms with E-state index in [1.807, 2.05) is 11.7 Å². The Labute approximate surface area is 128 Å². The van der Waals surface area contributed by atoms with Gasteiger partial charge in [0.15, 0.2) is 0 Å². The van der Waals surface area contributed by atoms with E-state index in [2.05, 4.69) is 68.4 Å². The number of hydrogen-bond donors (Lipinski definition) is 1. The fourth-order valence-corrected chi connectivity index (χ4v) is 2.79. The van der Waals surface area contributed by atoms with Gasteiger partial charge in [0.1, 0.15) is 0 Å². The van der Waals surface area contributed by atoms with Gasteiger partial charge in [0, 0.05) is 30.9 Å². The molecule has 0 bridgehead atoms. The van der Waals surface area contributed by atoms with Crippen molar-refractivity contribution in [2.24, 2.45) is 13.0 Å². The lowest BCUT2D eigenvalue weighted by molar-refractivity contribution is 0.428. The Morgan fingerprint density at radius 2 is 1.81 bits per heavy atom. The van der Waals surface area contributed by atoms with Crippen LogP contribution in [-0.4, -0.2) is 9.78 Å². The topological polar surface area (TPSA) is 29.9 Å². The molecule has 21 heavy (non-hydrogen) atoms. The Bertz CT molecular complexity index is 570. The van der Waals surface area contributed by atoms with Gasteiger partial charge < -0.3 is 5.32 Å². The Kier molecular flexibility index (Phi) is 5.18. The lowest BCUT2D eigenvalue weighted by atomic mass is 9.96. The van der Waals surface area contributed by atoms with Gasteiger partial charge in [-0.15, -0.1) is 0 Å². The molecule has 0 aliphatic heterocycles. The minimum Gasteiger partial charge on any atom is -0.306 e. The Balaban J connectivity index is 2.12. The molecule has 0 aliphatic carbocycles. The second kappa shape index (κ2) is 6.90. The molecule has 2 aromatic rings. The molecule has 1 heterocycles. The van der Waals surface area contributed by atoms with Crippen molar-refractivity contribution in [2.45, 2.75) is 46.7 Å².